The predicted molar refractivity (Wildman–Crippen MR) is 69.1 cm³/mol. The summed E-state index contributed by atoms with van der Waals surface area (Å²) in [6, 6.07) is 9.87. The largest absolute Gasteiger partial charge is 0.506 e. The Labute approximate surface area is 106 Å². The maximum absolute atomic E-state index is 13.6. The smallest absolute Gasteiger partial charge is 0.146 e. The van der Waals surface area contributed by atoms with Crippen LogP contribution in [0.4, 0.5) is 10.1 Å². The van der Waals surface area contributed by atoms with Gasteiger partial charge >= 0.3 is 0 Å². The van der Waals surface area contributed by atoms with Crippen molar-refractivity contribution in [3.8, 4) is 5.75 Å². The standard InChI is InChI=1S/C14H15FN2O/c1-10-7-8-14(18)12(16-10)9-17(2)13-6-4-3-5-11(13)15/h3-8,18H,9H2,1-2H3. The van der Waals surface area contributed by atoms with Gasteiger partial charge in [-0.15, -0.1) is 0 Å². The Morgan fingerprint density at radius 3 is 2.67 bits per heavy atom. The minimum Gasteiger partial charge on any atom is -0.506 e. The molecule has 0 aliphatic heterocycles. The lowest BCUT2D eigenvalue weighted by molar-refractivity contribution is 0.463. The van der Waals surface area contributed by atoms with Gasteiger partial charge in [-0.25, -0.2) is 4.39 Å². The first-order chi connectivity index (χ1) is 8.58. The molecule has 1 heterocycles. The second-order valence-corrected chi connectivity index (χ2v) is 4.23. The molecule has 18 heavy (non-hydrogen) atoms. The van der Waals surface area contributed by atoms with Gasteiger partial charge in [-0.2, -0.15) is 0 Å². The summed E-state index contributed by atoms with van der Waals surface area (Å²) < 4.78 is 13.6. The molecule has 0 saturated carbocycles. The van der Waals surface area contributed by atoms with Gasteiger partial charge in [0, 0.05) is 12.7 Å². The fourth-order valence-corrected chi connectivity index (χ4v) is 1.79. The number of nitrogens with zero attached hydrogens (tertiary/aromatic N) is 2. The monoisotopic (exact) mass is 246 g/mol. The zero-order valence-corrected chi connectivity index (χ0v) is 10.4. The number of pyridine rings is 1. The molecule has 1 aromatic carbocycles. The van der Waals surface area contributed by atoms with E-state index in [-0.39, 0.29) is 11.6 Å². The molecule has 0 spiro atoms. The topological polar surface area (TPSA) is 36.4 Å². The molecule has 2 aromatic rings. The van der Waals surface area contributed by atoms with Crippen LogP contribution >= 0.6 is 0 Å². The van der Waals surface area contributed by atoms with E-state index < -0.39 is 0 Å². The normalized spacial score (nSPS) is 10.4. The van der Waals surface area contributed by atoms with E-state index in [1.807, 2.05) is 6.92 Å². The Morgan fingerprint density at radius 1 is 1.22 bits per heavy atom. The van der Waals surface area contributed by atoms with Gasteiger partial charge in [-0.1, -0.05) is 12.1 Å². The number of anilines is 1. The van der Waals surface area contributed by atoms with E-state index in [2.05, 4.69) is 4.98 Å². The van der Waals surface area contributed by atoms with Crippen LogP contribution < -0.4 is 4.90 Å². The molecule has 0 atom stereocenters. The van der Waals surface area contributed by atoms with E-state index >= 15 is 0 Å². The lowest BCUT2D eigenvalue weighted by atomic mass is 10.2. The summed E-state index contributed by atoms with van der Waals surface area (Å²) in [5.74, 6) is -0.157. The van der Waals surface area contributed by atoms with E-state index in [1.165, 1.54) is 6.07 Å². The van der Waals surface area contributed by atoms with E-state index in [0.29, 0.717) is 17.9 Å². The number of aryl methyl sites for hydroxylation is 1. The summed E-state index contributed by atoms with van der Waals surface area (Å²) in [6.45, 7) is 2.21. The summed E-state index contributed by atoms with van der Waals surface area (Å²) in [7, 11) is 1.77. The molecule has 0 fully saturated rings. The second kappa shape index (κ2) is 5.04. The first-order valence-electron chi connectivity index (χ1n) is 5.69. The maximum Gasteiger partial charge on any atom is 0.146 e. The van der Waals surface area contributed by atoms with Gasteiger partial charge < -0.3 is 10.0 Å². The Hall–Kier alpha value is -2.10. The molecule has 1 N–H and O–H groups in total. The summed E-state index contributed by atoms with van der Waals surface area (Å²) in [5.41, 5.74) is 1.85. The quantitative estimate of drug-likeness (QED) is 0.904. The van der Waals surface area contributed by atoms with Crippen molar-refractivity contribution in [2.45, 2.75) is 13.5 Å². The Morgan fingerprint density at radius 2 is 1.94 bits per heavy atom. The summed E-state index contributed by atoms with van der Waals surface area (Å²) in [6.07, 6.45) is 0. The van der Waals surface area contributed by atoms with Crippen molar-refractivity contribution in [2.75, 3.05) is 11.9 Å². The zero-order chi connectivity index (χ0) is 13.1. The van der Waals surface area contributed by atoms with Crippen molar-refractivity contribution in [1.29, 1.82) is 0 Å². The third-order valence-corrected chi connectivity index (χ3v) is 2.74. The summed E-state index contributed by atoms with van der Waals surface area (Å²) >= 11 is 0. The number of rotatable bonds is 3. The highest BCUT2D eigenvalue weighted by molar-refractivity contribution is 5.47. The van der Waals surface area contributed by atoms with Gasteiger partial charge in [0.1, 0.15) is 17.3 Å². The molecule has 0 saturated heterocycles. The van der Waals surface area contributed by atoms with Crippen molar-refractivity contribution in [3.63, 3.8) is 0 Å². The number of halogens is 1. The number of hydrogen-bond donors (Lipinski definition) is 1. The van der Waals surface area contributed by atoms with Crippen molar-refractivity contribution < 1.29 is 9.50 Å². The fourth-order valence-electron chi connectivity index (χ4n) is 1.79. The molecule has 0 aliphatic rings. The van der Waals surface area contributed by atoms with Crippen LogP contribution in [0.15, 0.2) is 36.4 Å². The molecule has 3 nitrogen and oxygen atoms in total. The molecular weight excluding hydrogens is 231 g/mol. The van der Waals surface area contributed by atoms with Crippen LogP contribution in [0.2, 0.25) is 0 Å². The van der Waals surface area contributed by atoms with Crippen molar-refractivity contribution >= 4 is 5.69 Å². The molecular formula is C14H15FN2O. The van der Waals surface area contributed by atoms with Crippen LogP contribution in [0.5, 0.6) is 5.75 Å². The lowest BCUT2D eigenvalue weighted by Gasteiger charge is -2.20. The van der Waals surface area contributed by atoms with Gasteiger partial charge in [0.2, 0.25) is 0 Å². The molecule has 2 rings (SSSR count). The molecule has 0 radical (unpaired) electrons. The molecule has 0 amide bonds. The SMILES string of the molecule is Cc1ccc(O)c(CN(C)c2ccccc2F)n1. The number of benzene rings is 1. The first kappa shape index (κ1) is 12.4. The Kier molecular flexibility index (Phi) is 3.46. The van der Waals surface area contributed by atoms with E-state index in [9.17, 15) is 9.50 Å². The number of hydrogen-bond acceptors (Lipinski definition) is 3. The van der Waals surface area contributed by atoms with Crippen LogP contribution in [0, 0.1) is 12.7 Å². The minimum absolute atomic E-state index is 0.129. The highest BCUT2D eigenvalue weighted by atomic mass is 19.1. The van der Waals surface area contributed by atoms with Crippen molar-refractivity contribution in [1.82, 2.24) is 4.98 Å². The first-order valence-corrected chi connectivity index (χ1v) is 5.69. The highest BCUT2D eigenvalue weighted by Crippen LogP contribution is 2.22. The van der Waals surface area contributed by atoms with Crippen LogP contribution in [-0.2, 0) is 6.54 Å². The van der Waals surface area contributed by atoms with Crippen LogP contribution in [0.3, 0.4) is 0 Å². The Balaban J connectivity index is 2.24. The zero-order valence-electron chi connectivity index (χ0n) is 10.4. The molecule has 0 bridgehead atoms. The van der Waals surface area contributed by atoms with E-state index in [0.717, 1.165) is 5.69 Å². The van der Waals surface area contributed by atoms with Crippen LogP contribution in [0.1, 0.15) is 11.4 Å². The molecule has 1 aromatic heterocycles. The second-order valence-electron chi connectivity index (χ2n) is 4.23. The summed E-state index contributed by atoms with van der Waals surface area (Å²) in [5, 5.41) is 9.72. The average molecular weight is 246 g/mol. The van der Waals surface area contributed by atoms with Crippen LogP contribution in [0.25, 0.3) is 0 Å². The van der Waals surface area contributed by atoms with E-state index in [4.69, 9.17) is 0 Å². The molecule has 4 heteroatoms. The Bertz CT molecular complexity index is 557. The number of aromatic hydroxyl groups is 1. The highest BCUT2D eigenvalue weighted by Gasteiger charge is 2.10. The van der Waals surface area contributed by atoms with Gasteiger partial charge in [-0.05, 0) is 31.2 Å². The van der Waals surface area contributed by atoms with Crippen molar-refractivity contribution in [3.05, 3.63) is 53.6 Å². The van der Waals surface area contributed by atoms with Gasteiger partial charge in [0.25, 0.3) is 0 Å². The average Bonchev–Trinajstić information content (AvgIpc) is 2.34. The number of aromatic nitrogens is 1. The minimum atomic E-state index is -0.285. The third-order valence-electron chi connectivity index (χ3n) is 2.74. The van der Waals surface area contributed by atoms with Crippen LogP contribution in [-0.4, -0.2) is 17.1 Å². The number of para-hydroxylation sites is 1. The predicted octanol–water partition coefficient (Wildman–Crippen LogP) is 2.87. The fraction of sp³-hybridized carbons (Fsp3) is 0.214. The van der Waals surface area contributed by atoms with Gasteiger partial charge in [0.15, 0.2) is 0 Å². The van der Waals surface area contributed by atoms with E-state index in [1.54, 1.807) is 42.3 Å². The van der Waals surface area contributed by atoms with Gasteiger partial charge in [0.05, 0.1) is 12.2 Å². The summed E-state index contributed by atoms with van der Waals surface area (Å²) in [4.78, 5) is 5.97. The lowest BCUT2D eigenvalue weighted by Crippen LogP contribution is -2.18. The van der Waals surface area contributed by atoms with Crippen molar-refractivity contribution in [2.24, 2.45) is 0 Å². The maximum atomic E-state index is 13.6. The van der Waals surface area contributed by atoms with Gasteiger partial charge in [-0.3, -0.25) is 4.98 Å². The third kappa shape index (κ3) is 2.59. The molecule has 0 aliphatic carbocycles. The molecule has 0 unspecified atom stereocenters. The molecule has 94 valence electrons.